The molecule has 1 fully saturated rings. The minimum absolute atomic E-state index is 0.198. The largest absolute Gasteiger partial charge is 0.504 e. The molecule has 0 spiro atoms. The van der Waals surface area contributed by atoms with Crippen LogP contribution < -0.4 is 10.1 Å². The van der Waals surface area contributed by atoms with Gasteiger partial charge in [-0.15, -0.1) is 0 Å². The van der Waals surface area contributed by atoms with Crippen molar-refractivity contribution in [1.82, 2.24) is 5.32 Å². The van der Waals surface area contributed by atoms with Gasteiger partial charge in [0.25, 0.3) is 0 Å². The molecule has 0 amide bonds. The lowest BCUT2D eigenvalue weighted by molar-refractivity contribution is 0.371. The maximum Gasteiger partial charge on any atom is 0.160 e. The highest BCUT2D eigenvalue weighted by Crippen LogP contribution is 2.29. The van der Waals surface area contributed by atoms with Gasteiger partial charge in [-0.1, -0.05) is 18.9 Å². The quantitative estimate of drug-likeness (QED) is 0.843. The molecule has 1 saturated carbocycles. The molecular formula is C14H21NO2. The van der Waals surface area contributed by atoms with E-state index in [0.717, 1.165) is 5.56 Å². The number of methoxy groups -OCH3 is 1. The topological polar surface area (TPSA) is 41.5 Å². The highest BCUT2D eigenvalue weighted by atomic mass is 16.5. The summed E-state index contributed by atoms with van der Waals surface area (Å²) >= 11 is 0. The zero-order valence-electron chi connectivity index (χ0n) is 10.6. The van der Waals surface area contributed by atoms with Crippen molar-refractivity contribution in [3.8, 4) is 11.5 Å². The van der Waals surface area contributed by atoms with Crippen molar-refractivity contribution < 1.29 is 9.84 Å². The van der Waals surface area contributed by atoms with Crippen LogP contribution in [-0.4, -0.2) is 18.3 Å². The molecular weight excluding hydrogens is 214 g/mol. The average Bonchev–Trinajstić information content (AvgIpc) is 2.82. The van der Waals surface area contributed by atoms with Crippen LogP contribution in [0.25, 0.3) is 0 Å². The van der Waals surface area contributed by atoms with Crippen LogP contribution in [0.3, 0.4) is 0 Å². The fourth-order valence-electron chi connectivity index (χ4n) is 2.51. The molecule has 0 heterocycles. The molecule has 1 atom stereocenters. The number of aromatic hydroxyl groups is 1. The predicted octanol–water partition coefficient (Wildman–Crippen LogP) is 2.99. The lowest BCUT2D eigenvalue weighted by Crippen LogP contribution is -2.28. The lowest BCUT2D eigenvalue weighted by Gasteiger charge is -2.20. The van der Waals surface area contributed by atoms with E-state index in [2.05, 4.69) is 12.2 Å². The molecule has 1 aromatic carbocycles. The van der Waals surface area contributed by atoms with Crippen LogP contribution in [0.1, 0.15) is 44.2 Å². The zero-order chi connectivity index (χ0) is 12.3. The first-order valence-electron chi connectivity index (χ1n) is 6.33. The van der Waals surface area contributed by atoms with Gasteiger partial charge in [-0.2, -0.15) is 0 Å². The summed E-state index contributed by atoms with van der Waals surface area (Å²) in [7, 11) is 1.58. The molecule has 0 bridgehead atoms. The molecule has 17 heavy (non-hydrogen) atoms. The molecule has 1 unspecified atom stereocenters. The Labute approximate surface area is 103 Å². The maximum atomic E-state index is 9.56. The van der Waals surface area contributed by atoms with Crippen molar-refractivity contribution in [2.45, 2.75) is 44.7 Å². The molecule has 2 N–H and O–H groups in total. The normalized spacial score (nSPS) is 18.2. The second-order valence-electron chi connectivity index (χ2n) is 4.80. The van der Waals surface area contributed by atoms with Gasteiger partial charge in [0.05, 0.1) is 7.11 Å². The molecule has 1 aliphatic rings. The van der Waals surface area contributed by atoms with Crippen molar-refractivity contribution in [3.63, 3.8) is 0 Å². The highest BCUT2D eigenvalue weighted by Gasteiger charge is 2.18. The van der Waals surface area contributed by atoms with E-state index in [1.807, 2.05) is 12.1 Å². The van der Waals surface area contributed by atoms with Crippen LogP contribution in [0, 0.1) is 0 Å². The van der Waals surface area contributed by atoms with Crippen LogP contribution in [0.15, 0.2) is 18.2 Å². The van der Waals surface area contributed by atoms with Crippen molar-refractivity contribution >= 4 is 0 Å². The summed E-state index contributed by atoms with van der Waals surface area (Å²) in [6.07, 6.45) is 5.23. The summed E-state index contributed by atoms with van der Waals surface area (Å²) < 4.78 is 5.13. The third-order valence-electron chi connectivity index (χ3n) is 3.54. The molecule has 0 radical (unpaired) electrons. The predicted molar refractivity (Wildman–Crippen MR) is 68.5 cm³/mol. The molecule has 0 aromatic heterocycles. The molecule has 1 aromatic rings. The Balaban J connectivity index is 2.04. The second kappa shape index (κ2) is 5.41. The van der Waals surface area contributed by atoms with Crippen LogP contribution in [0.4, 0.5) is 0 Å². The molecule has 3 nitrogen and oxygen atoms in total. The first-order valence-corrected chi connectivity index (χ1v) is 6.33. The van der Waals surface area contributed by atoms with Gasteiger partial charge in [0.2, 0.25) is 0 Å². The number of nitrogens with one attached hydrogen (secondary N) is 1. The van der Waals surface area contributed by atoms with E-state index < -0.39 is 0 Å². The molecule has 3 heteroatoms. The van der Waals surface area contributed by atoms with E-state index in [1.165, 1.54) is 25.7 Å². The van der Waals surface area contributed by atoms with Gasteiger partial charge in [0.15, 0.2) is 11.5 Å². The Kier molecular flexibility index (Phi) is 3.89. The van der Waals surface area contributed by atoms with E-state index in [0.29, 0.717) is 17.8 Å². The number of hydrogen-bond donors (Lipinski definition) is 2. The summed E-state index contributed by atoms with van der Waals surface area (Å²) in [4.78, 5) is 0. The van der Waals surface area contributed by atoms with E-state index in [1.54, 1.807) is 13.2 Å². The third-order valence-corrected chi connectivity index (χ3v) is 3.54. The van der Waals surface area contributed by atoms with Gasteiger partial charge in [0.1, 0.15) is 0 Å². The number of benzene rings is 1. The van der Waals surface area contributed by atoms with Gasteiger partial charge in [0, 0.05) is 12.1 Å². The number of phenols is 1. The fourth-order valence-corrected chi connectivity index (χ4v) is 2.51. The Morgan fingerprint density at radius 3 is 2.71 bits per heavy atom. The minimum atomic E-state index is 0.198. The van der Waals surface area contributed by atoms with Crippen molar-refractivity contribution in [2.24, 2.45) is 0 Å². The Morgan fingerprint density at radius 1 is 1.35 bits per heavy atom. The van der Waals surface area contributed by atoms with Gasteiger partial charge in [-0.25, -0.2) is 0 Å². The van der Waals surface area contributed by atoms with Crippen LogP contribution >= 0.6 is 0 Å². The minimum Gasteiger partial charge on any atom is -0.504 e. The van der Waals surface area contributed by atoms with Gasteiger partial charge < -0.3 is 15.2 Å². The van der Waals surface area contributed by atoms with Gasteiger partial charge in [-0.3, -0.25) is 0 Å². The molecule has 94 valence electrons. The number of phenolic OH excluding ortho intramolecular Hbond substituents is 1. The van der Waals surface area contributed by atoms with Crippen molar-refractivity contribution in [1.29, 1.82) is 0 Å². The summed E-state index contributed by atoms with van der Waals surface area (Å²) in [5.74, 6) is 0.742. The number of rotatable bonds is 4. The summed E-state index contributed by atoms with van der Waals surface area (Å²) in [6, 6.07) is 6.49. The van der Waals surface area contributed by atoms with Crippen molar-refractivity contribution in [2.75, 3.05) is 7.11 Å². The Bertz CT molecular complexity index is 372. The van der Waals surface area contributed by atoms with Crippen LogP contribution in [-0.2, 0) is 0 Å². The number of ether oxygens (including phenoxy) is 1. The maximum absolute atomic E-state index is 9.56. The standard InChI is InChI=1S/C14H21NO2/c1-10(15-12-5-3-4-6-12)11-7-8-13(16)14(9-11)17-2/h7-10,12,15-16H,3-6H2,1-2H3. The third kappa shape index (κ3) is 2.91. The SMILES string of the molecule is COc1cc(C(C)NC2CCCC2)ccc1O. The molecule has 0 aliphatic heterocycles. The van der Waals surface area contributed by atoms with Crippen LogP contribution in [0.5, 0.6) is 11.5 Å². The fraction of sp³-hybridized carbons (Fsp3) is 0.571. The Hall–Kier alpha value is -1.22. The van der Waals surface area contributed by atoms with E-state index in [9.17, 15) is 5.11 Å². The molecule has 1 aliphatic carbocycles. The zero-order valence-corrected chi connectivity index (χ0v) is 10.6. The average molecular weight is 235 g/mol. The molecule has 0 saturated heterocycles. The first-order chi connectivity index (χ1) is 8.20. The summed E-state index contributed by atoms with van der Waals surface area (Å²) in [5, 5.41) is 13.2. The molecule has 2 rings (SSSR count). The van der Waals surface area contributed by atoms with Gasteiger partial charge in [-0.05, 0) is 37.5 Å². The summed E-state index contributed by atoms with van der Waals surface area (Å²) in [5.41, 5.74) is 1.16. The van der Waals surface area contributed by atoms with Crippen LogP contribution in [0.2, 0.25) is 0 Å². The van der Waals surface area contributed by atoms with E-state index in [-0.39, 0.29) is 5.75 Å². The first kappa shape index (κ1) is 12.2. The number of hydrogen-bond acceptors (Lipinski definition) is 3. The van der Waals surface area contributed by atoms with E-state index in [4.69, 9.17) is 4.74 Å². The highest BCUT2D eigenvalue weighted by molar-refractivity contribution is 5.42. The smallest absolute Gasteiger partial charge is 0.160 e. The Morgan fingerprint density at radius 2 is 2.06 bits per heavy atom. The van der Waals surface area contributed by atoms with E-state index >= 15 is 0 Å². The lowest BCUT2D eigenvalue weighted by atomic mass is 10.1. The summed E-state index contributed by atoms with van der Waals surface area (Å²) in [6.45, 7) is 2.16. The van der Waals surface area contributed by atoms with Gasteiger partial charge >= 0.3 is 0 Å². The monoisotopic (exact) mass is 235 g/mol. The van der Waals surface area contributed by atoms with Crippen molar-refractivity contribution in [3.05, 3.63) is 23.8 Å². The second-order valence-corrected chi connectivity index (χ2v) is 4.80.